The SMILES string of the molecule is Cc1ccc(-c2ccc(C(=O)Nc3ccc(C(=O)N4CCOCC4)cc3)o2)cc1Cl. The summed E-state index contributed by atoms with van der Waals surface area (Å²) in [7, 11) is 0. The van der Waals surface area contributed by atoms with Gasteiger partial charge in [-0.2, -0.15) is 0 Å². The van der Waals surface area contributed by atoms with E-state index in [1.54, 1.807) is 41.3 Å². The summed E-state index contributed by atoms with van der Waals surface area (Å²) in [6.07, 6.45) is 0. The molecule has 1 aliphatic rings. The Bertz CT molecular complexity index is 1070. The summed E-state index contributed by atoms with van der Waals surface area (Å²) in [5.74, 6) is 0.346. The number of furan rings is 1. The summed E-state index contributed by atoms with van der Waals surface area (Å²) in [6, 6.07) is 15.8. The number of nitrogens with zero attached hydrogens (tertiary/aromatic N) is 1. The van der Waals surface area contributed by atoms with Crippen molar-refractivity contribution in [2.45, 2.75) is 6.92 Å². The van der Waals surface area contributed by atoms with Crippen LogP contribution in [0.4, 0.5) is 5.69 Å². The van der Waals surface area contributed by atoms with E-state index in [4.69, 9.17) is 20.8 Å². The molecule has 2 heterocycles. The van der Waals surface area contributed by atoms with Crippen LogP contribution >= 0.6 is 11.6 Å². The number of benzene rings is 2. The fourth-order valence-corrected chi connectivity index (χ4v) is 3.38. The highest BCUT2D eigenvalue weighted by atomic mass is 35.5. The number of hydrogen-bond acceptors (Lipinski definition) is 4. The van der Waals surface area contributed by atoms with Gasteiger partial charge in [0, 0.05) is 34.9 Å². The molecule has 1 fully saturated rings. The van der Waals surface area contributed by atoms with Crippen molar-refractivity contribution in [2.75, 3.05) is 31.6 Å². The largest absolute Gasteiger partial charge is 0.451 e. The summed E-state index contributed by atoms with van der Waals surface area (Å²) in [5.41, 5.74) is 2.93. The van der Waals surface area contributed by atoms with Gasteiger partial charge in [0.2, 0.25) is 0 Å². The number of carbonyl (C=O) groups excluding carboxylic acids is 2. The summed E-state index contributed by atoms with van der Waals surface area (Å²) in [5, 5.41) is 3.43. The van der Waals surface area contributed by atoms with Crippen molar-refractivity contribution in [3.8, 4) is 11.3 Å². The molecule has 6 nitrogen and oxygen atoms in total. The van der Waals surface area contributed by atoms with Crippen LogP contribution < -0.4 is 5.32 Å². The highest BCUT2D eigenvalue weighted by molar-refractivity contribution is 6.31. The van der Waals surface area contributed by atoms with Crippen LogP contribution in [0.25, 0.3) is 11.3 Å². The summed E-state index contributed by atoms with van der Waals surface area (Å²) < 4.78 is 11.0. The molecule has 3 aromatic rings. The van der Waals surface area contributed by atoms with Crippen LogP contribution in [0.1, 0.15) is 26.5 Å². The summed E-state index contributed by atoms with van der Waals surface area (Å²) in [4.78, 5) is 26.8. The van der Waals surface area contributed by atoms with E-state index in [9.17, 15) is 9.59 Å². The van der Waals surface area contributed by atoms with Gasteiger partial charge in [-0.05, 0) is 55.0 Å². The van der Waals surface area contributed by atoms with Gasteiger partial charge in [-0.3, -0.25) is 9.59 Å². The van der Waals surface area contributed by atoms with Gasteiger partial charge in [0.1, 0.15) is 5.76 Å². The maximum absolute atomic E-state index is 12.5. The number of aryl methyl sites for hydroxylation is 1. The van der Waals surface area contributed by atoms with Crippen LogP contribution in [-0.2, 0) is 4.74 Å². The molecular weight excluding hydrogens is 404 g/mol. The smallest absolute Gasteiger partial charge is 0.291 e. The van der Waals surface area contributed by atoms with E-state index in [1.807, 2.05) is 25.1 Å². The molecule has 0 saturated carbocycles. The Kier molecular flexibility index (Phi) is 5.88. The molecule has 0 radical (unpaired) electrons. The number of carbonyl (C=O) groups is 2. The molecule has 0 unspecified atom stereocenters. The van der Waals surface area contributed by atoms with E-state index in [0.717, 1.165) is 11.1 Å². The minimum atomic E-state index is -0.369. The molecule has 0 aliphatic carbocycles. The first-order valence-corrected chi connectivity index (χ1v) is 10.0. The van der Waals surface area contributed by atoms with Gasteiger partial charge in [0.25, 0.3) is 11.8 Å². The molecule has 1 saturated heterocycles. The lowest BCUT2D eigenvalue weighted by atomic mass is 10.1. The Balaban J connectivity index is 1.42. The van der Waals surface area contributed by atoms with Crippen molar-refractivity contribution >= 4 is 29.1 Å². The average molecular weight is 425 g/mol. The highest BCUT2D eigenvalue weighted by Gasteiger charge is 2.19. The zero-order chi connectivity index (χ0) is 21.1. The molecular formula is C23H21ClN2O4. The predicted molar refractivity (Wildman–Crippen MR) is 115 cm³/mol. The lowest BCUT2D eigenvalue weighted by Crippen LogP contribution is -2.40. The molecule has 1 aliphatic heterocycles. The Labute approximate surface area is 179 Å². The van der Waals surface area contributed by atoms with E-state index in [0.29, 0.717) is 48.3 Å². The third-order valence-electron chi connectivity index (χ3n) is 4.97. The van der Waals surface area contributed by atoms with Crippen molar-refractivity contribution in [1.29, 1.82) is 0 Å². The number of hydrogen-bond donors (Lipinski definition) is 1. The molecule has 2 aromatic carbocycles. The zero-order valence-electron chi connectivity index (χ0n) is 16.5. The molecule has 0 spiro atoms. The van der Waals surface area contributed by atoms with Gasteiger partial charge in [-0.15, -0.1) is 0 Å². The lowest BCUT2D eigenvalue weighted by Gasteiger charge is -2.26. The topological polar surface area (TPSA) is 71.8 Å². The molecule has 1 aromatic heterocycles. The number of morpholine rings is 1. The fraction of sp³-hybridized carbons (Fsp3) is 0.217. The Hall–Kier alpha value is -3.09. The standard InChI is InChI=1S/C23H21ClN2O4/c1-15-2-3-17(14-19(15)24)20-8-9-21(30-20)22(27)25-18-6-4-16(5-7-18)23(28)26-10-12-29-13-11-26/h2-9,14H,10-13H2,1H3,(H,25,27). The van der Waals surface area contributed by atoms with Gasteiger partial charge in [0.05, 0.1) is 13.2 Å². The van der Waals surface area contributed by atoms with Crippen LogP contribution in [0, 0.1) is 6.92 Å². The van der Waals surface area contributed by atoms with E-state index in [-0.39, 0.29) is 17.6 Å². The minimum absolute atomic E-state index is 0.0383. The average Bonchev–Trinajstić information content (AvgIpc) is 3.27. The van der Waals surface area contributed by atoms with Gasteiger partial charge < -0.3 is 19.4 Å². The number of rotatable bonds is 4. The maximum Gasteiger partial charge on any atom is 0.291 e. The Morgan fingerprint density at radius 3 is 2.43 bits per heavy atom. The number of ether oxygens (including phenoxy) is 1. The normalized spacial score (nSPS) is 13.9. The van der Waals surface area contributed by atoms with E-state index in [2.05, 4.69) is 5.32 Å². The first kappa shape index (κ1) is 20.2. The van der Waals surface area contributed by atoms with Gasteiger partial charge in [-0.25, -0.2) is 0 Å². The quantitative estimate of drug-likeness (QED) is 0.662. The molecule has 2 amide bonds. The second kappa shape index (κ2) is 8.73. The third kappa shape index (κ3) is 4.40. The van der Waals surface area contributed by atoms with Crippen molar-refractivity contribution in [1.82, 2.24) is 4.90 Å². The van der Waals surface area contributed by atoms with Crippen LogP contribution in [0.2, 0.25) is 5.02 Å². The van der Waals surface area contributed by atoms with Crippen LogP contribution in [-0.4, -0.2) is 43.0 Å². The van der Waals surface area contributed by atoms with Gasteiger partial charge in [0.15, 0.2) is 5.76 Å². The van der Waals surface area contributed by atoms with Crippen molar-refractivity contribution in [2.24, 2.45) is 0 Å². The van der Waals surface area contributed by atoms with Crippen LogP contribution in [0.3, 0.4) is 0 Å². The molecule has 1 N–H and O–H groups in total. The number of amides is 2. The Morgan fingerprint density at radius 2 is 1.73 bits per heavy atom. The summed E-state index contributed by atoms with van der Waals surface area (Å²) in [6.45, 7) is 4.21. The molecule has 7 heteroatoms. The molecule has 4 rings (SSSR count). The highest BCUT2D eigenvalue weighted by Crippen LogP contribution is 2.27. The predicted octanol–water partition coefficient (Wildman–Crippen LogP) is 4.63. The molecule has 0 atom stereocenters. The zero-order valence-corrected chi connectivity index (χ0v) is 17.2. The monoisotopic (exact) mass is 424 g/mol. The van der Waals surface area contributed by atoms with E-state index >= 15 is 0 Å². The van der Waals surface area contributed by atoms with Crippen LogP contribution in [0.5, 0.6) is 0 Å². The number of halogens is 1. The maximum atomic E-state index is 12.5. The number of anilines is 1. The first-order chi connectivity index (χ1) is 14.5. The molecule has 30 heavy (non-hydrogen) atoms. The van der Waals surface area contributed by atoms with Crippen molar-refractivity contribution < 1.29 is 18.7 Å². The third-order valence-corrected chi connectivity index (χ3v) is 5.38. The van der Waals surface area contributed by atoms with Gasteiger partial charge >= 0.3 is 0 Å². The van der Waals surface area contributed by atoms with Crippen LogP contribution in [0.15, 0.2) is 59.0 Å². The fourth-order valence-electron chi connectivity index (χ4n) is 3.20. The molecule has 154 valence electrons. The lowest BCUT2D eigenvalue weighted by molar-refractivity contribution is 0.0303. The first-order valence-electron chi connectivity index (χ1n) is 9.66. The number of nitrogens with one attached hydrogen (secondary N) is 1. The second-order valence-electron chi connectivity index (χ2n) is 7.06. The second-order valence-corrected chi connectivity index (χ2v) is 7.47. The van der Waals surface area contributed by atoms with E-state index in [1.165, 1.54) is 0 Å². The minimum Gasteiger partial charge on any atom is -0.451 e. The Morgan fingerprint density at radius 1 is 1.00 bits per heavy atom. The van der Waals surface area contributed by atoms with E-state index < -0.39 is 0 Å². The van der Waals surface area contributed by atoms with Crippen molar-refractivity contribution in [3.05, 3.63) is 76.5 Å². The van der Waals surface area contributed by atoms with Gasteiger partial charge in [-0.1, -0.05) is 23.7 Å². The summed E-state index contributed by atoms with van der Waals surface area (Å²) >= 11 is 6.17. The molecule has 0 bridgehead atoms. The van der Waals surface area contributed by atoms with Crippen molar-refractivity contribution in [3.63, 3.8) is 0 Å².